The average molecular weight is 218 g/mol. The highest BCUT2D eigenvalue weighted by Gasteiger charge is 2.09. The Morgan fingerprint density at radius 1 is 1.31 bits per heavy atom. The smallest absolute Gasteiger partial charge is 0.139 e. The predicted octanol–water partition coefficient (Wildman–Crippen LogP) is 2.48. The fraction of sp³-hybridized carbons (Fsp3) is 0.385. The van der Waals surface area contributed by atoms with E-state index in [0.717, 1.165) is 30.5 Å². The summed E-state index contributed by atoms with van der Waals surface area (Å²) < 4.78 is 2.16. The lowest BCUT2D eigenvalue weighted by molar-refractivity contribution is 0.477. The molecule has 1 heterocycles. The van der Waals surface area contributed by atoms with E-state index in [9.17, 15) is 5.11 Å². The van der Waals surface area contributed by atoms with E-state index in [1.54, 1.807) is 6.07 Å². The summed E-state index contributed by atoms with van der Waals surface area (Å²) in [7, 11) is 0. The highest BCUT2D eigenvalue weighted by atomic mass is 16.3. The van der Waals surface area contributed by atoms with Crippen LogP contribution in [0.4, 0.5) is 0 Å². The minimum absolute atomic E-state index is 0.363. The van der Waals surface area contributed by atoms with E-state index in [-0.39, 0.29) is 0 Å². The van der Waals surface area contributed by atoms with Gasteiger partial charge in [0, 0.05) is 24.2 Å². The second kappa shape index (κ2) is 4.58. The summed E-state index contributed by atoms with van der Waals surface area (Å²) in [6.45, 7) is 6.87. The van der Waals surface area contributed by atoms with Gasteiger partial charge in [-0.2, -0.15) is 0 Å². The lowest BCUT2D eigenvalue weighted by Gasteiger charge is -2.08. The number of para-hydroxylation sites is 1. The Balaban J connectivity index is 2.53. The molecule has 3 heteroatoms. The standard InChI is InChI=1S/C13H18N2O/c1-3-14-9-11-8-10-6-5-7-12(16)13(10)15(11)4-2/h5-8,14,16H,3-4,9H2,1-2H3. The molecule has 0 spiro atoms. The number of rotatable bonds is 4. The van der Waals surface area contributed by atoms with Crippen molar-refractivity contribution in [3.63, 3.8) is 0 Å². The minimum atomic E-state index is 0.363. The van der Waals surface area contributed by atoms with E-state index < -0.39 is 0 Å². The van der Waals surface area contributed by atoms with Crippen molar-refractivity contribution in [2.45, 2.75) is 26.9 Å². The molecule has 0 aliphatic rings. The predicted molar refractivity (Wildman–Crippen MR) is 66.7 cm³/mol. The molecule has 2 aromatic rings. The molecular formula is C13H18N2O. The van der Waals surface area contributed by atoms with Gasteiger partial charge in [-0.05, 0) is 25.6 Å². The second-order valence-electron chi connectivity index (χ2n) is 3.88. The summed E-state index contributed by atoms with van der Waals surface area (Å²) in [5.41, 5.74) is 2.17. The van der Waals surface area contributed by atoms with E-state index in [4.69, 9.17) is 0 Å². The van der Waals surface area contributed by atoms with Crippen LogP contribution in [-0.4, -0.2) is 16.2 Å². The molecule has 0 saturated heterocycles. The molecular weight excluding hydrogens is 200 g/mol. The molecule has 0 aliphatic heterocycles. The molecule has 1 aromatic carbocycles. The Kier molecular flexibility index (Phi) is 3.15. The van der Waals surface area contributed by atoms with Crippen molar-refractivity contribution >= 4 is 10.9 Å². The molecule has 0 bridgehead atoms. The van der Waals surface area contributed by atoms with Gasteiger partial charge in [0.05, 0.1) is 5.52 Å². The largest absolute Gasteiger partial charge is 0.506 e. The minimum Gasteiger partial charge on any atom is -0.506 e. The molecule has 3 nitrogen and oxygen atoms in total. The van der Waals surface area contributed by atoms with Gasteiger partial charge < -0.3 is 15.0 Å². The maximum Gasteiger partial charge on any atom is 0.139 e. The van der Waals surface area contributed by atoms with Crippen LogP contribution in [0, 0.1) is 0 Å². The van der Waals surface area contributed by atoms with Crippen LogP contribution in [-0.2, 0) is 13.1 Å². The van der Waals surface area contributed by atoms with E-state index in [1.165, 1.54) is 5.69 Å². The SMILES string of the molecule is CCNCc1cc2cccc(O)c2n1CC. The zero-order chi connectivity index (χ0) is 11.5. The summed E-state index contributed by atoms with van der Waals surface area (Å²) in [5.74, 6) is 0.363. The normalized spacial score (nSPS) is 11.1. The summed E-state index contributed by atoms with van der Waals surface area (Å²) in [5, 5.41) is 14.3. The van der Waals surface area contributed by atoms with Crippen molar-refractivity contribution in [1.82, 2.24) is 9.88 Å². The number of hydrogen-bond acceptors (Lipinski definition) is 2. The molecule has 0 radical (unpaired) electrons. The third-order valence-corrected chi connectivity index (χ3v) is 2.86. The average Bonchev–Trinajstić information content (AvgIpc) is 2.65. The van der Waals surface area contributed by atoms with Crippen LogP contribution in [0.25, 0.3) is 10.9 Å². The van der Waals surface area contributed by atoms with Gasteiger partial charge in [-0.3, -0.25) is 0 Å². The van der Waals surface area contributed by atoms with Crippen LogP contribution in [0.1, 0.15) is 19.5 Å². The van der Waals surface area contributed by atoms with E-state index in [2.05, 4.69) is 29.8 Å². The summed E-state index contributed by atoms with van der Waals surface area (Å²) in [6, 6.07) is 7.80. The molecule has 0 aliphatic carbocycles. The number of phenolic OH excluding ortho intramolecular Hbond substituents is 1. The lowest BCUT2D eigenvalue weighted by Crippen LogP contribution is -2.15. The molecule has 16 heavy (non-hydrogen) atoms. The Hall–Kier alpha value is -1.48. The van der Waals surface area contributed by atoms with Crippen LogP contribution in [0.2, 0.25) is 0 Å². The number of benzene rings is 1. The van der Waals surface area contributed by atoms with Gasteiger partial charge in [-0.1, -0.05) is 19.1 Å². The fourth-order valence-electron chi connectivity index (χ4n) is 2.12. The lowest BCUT2D eigenvalue weighted by atomic mass is 10.2. The van der Waals surface area contributed by atoms with Gasteiger partial charge >= 0.3 is 0 Å². The van der Waals surface area contributed by atoms with Crippen LogP contribution in [0.5, 0.6) is 5.75 Å². The summed E-state index contributed by atoms with van der Waals surface area (Å²) >= 11 is 0. The zero-order valence-electron chi connectivity index (χ0n) is 9.83. The highest BCUT2D eigenvalue weighted by Crippen LogP contribution is 2.27. The summed E-state index contributed by atoms with van der Waals surface area (Å²) in [4.78, 5) is 0. The van der Waals surface area contributed by atoms with Crippen LogP contribution in [0.3, 0.4) is 0 Å². The van der Waals surface area contributed by atoms with E-state index in [0.29, 0.717) is 5.75 Å². The number of hydrogen-bond donors (Lipinski definition) is 2. The molecule has 2 N–H and O–H groups in total. The van der Waals surface area contributed by atoms with Gasteiger partial charge in [0.1, 0.15) is 5.75 Å². The Labute approximate surface area is 95.7 Å². The first kappa shape index (κ1) is 11.0. The van der Waals surface area contributed by atoms with Crippen molar-refractivity contribution in [1.29, 1.82) is 0 Å². The maximum atomic E-state index is 9.88. The number of fused-ring (bicyclic) bond motifs is 1. The first-order valence-electron chi connectivity index (χ1n) is 5.78. The van der Waals surface area contributed by atoms with Crippen molar-refractivity contribution in [2.24, 2.45) is 0 Å². The van der Waals surface area contributed by atoms with E-state index in [1.807, 2.05) is 12.1 Å². The first-order valence-corrected chi connectivity index (χ1v) is 5.78. The number of aromatic nitrogens is 1. The van der Waals surface area contributed by atoms with Gasteiger partial charge in [-0.25, -0.2) is 0 Å². The summed E-state index contributed by atoms with van der Waals surface area (Å²) in [6.07, 6.45) is 0. The fourth-order valence-corrected chi connectivity index (χ4v) is 2.12. The van der Waals surface area contributed by atoms with E-state index >= 15 is 0 Å². The van der Waals surface area contributed by atoms with Crippen molar-refractivity contribution < 1.29 is 5.11 Å². The highest BCUT2D eigenvalue weighted by molar-refractivity contribution is 5.86. The van der Waals surface area contributed by atoms with Crippen LogP contribution in [0.15, 0.2) is 24.3 Å². The molecule has 0 fully saturated rings. The quantitative estimate of drug-likeness (QED) is 0.827. The van der Waals surface area contributed by atoms with Crippen molar-refractivity contribution in [3.8, 4) is 5.75 Å². The zero-order valence-corrected chi connectivity index (χ0v) is 9.83. The molecule has 0 atom stereocenters. The Bertz CT molecular complexity index is 488. The Morgan fingerprint density at radius 3 is 2.81 bits per heavy atom. The third kappa shape index (κ3) is 1.78. The topological polar surface area (TPSA) is 37.2 Å². The molecule has 86 valence electrons. The second-order valence-corrected chi connectivity index (χ2v) is 3.88. The number of nitrogens with one attached hydrogen (secondary N) is 1. The number of aryl methyl sites for hydroxylation is 1. The molecule has 2 rings (SSSR count). The first-order chi connectivity index (χ1) is 7.77. The van der Waals surface area contributed by atoms with Gasteiger partial charge in [-0.15, -0.1) is 0 Å². The van der Waals surface area contributed by atoms with Crippen LogP contribution < -0.4 is 5.32 Å². The third-order valence-electron chi connectivity index (χ3n) is 2.86. The molecule has 0 amide bonds. The number of nitrogens with zero attached hydrogens (tertiary/aromatic N) is 1. The van der Waals surface area contributed by atoms with Gasteiger partial charge in [0.2, 0.25) is 0 Å². The Morgan fingerprint density at radius 2 is 2.12 bits per heavy atom. The van der Waals surface area contributed by atoms with Gasteiger partial charge in [0.25, 0.3) is 0 Å². The number of aromatic hydroxyl groups is 1. The van der Waals surface area contributed by atoms with Gasteiger partial charge in [0.15, 0.2) is 0 Å². The molecule has 1 aromatic heterocycles. The maximum absolute atomic E-state index is 9.88. The number of phenols is 1. The molecule has 0 saturated carbocycles. The molecule has 0 unspecified atom stereocenters. The van der Waals surface area contributed by atoms with Crippen molar-refractivity contribution in [3.05, 3.63) is 30.0 Å². The van der Waals surface area contributed by atoms with Crippen LogP contribution >= 0.6 is 0 Å². The van der Waals surface area contributed by atoms with Crippen molar-refractivity contribution in [2.75, 3.05) is 6.54 Å². The monoisotopic (exact) mass is 218 g/mol.